The molecule has 0 aliphatic carbocycles. The van der Waals surface area contributed by atoms with Crippen LogP contribution in [-0.2, 0) is 25.8 Å². The third-order valence-corrected chi connectivity index (χ3v) is 8.23. The zero-order valence-corrected chi connectivity index (χ0v) is 21.4. The zero-order valence-electron chi connectivity index (χ0n) is 19.7. The predicted octanol–water partition coefficient (Wildman–Crippen LogP) is 2.59. The van der Waals surface area contributed by atoms with Gasteiger partial charge in [-0.2, -0.15) is 30.1 Å². The van der Waals surface area contributed by atoms with Crippen molar-refractivity contribution < 1.29 is 41.1 Å². The van der Waals surface area contributed by atoms with Crippen molar-refractivity contribution in [3.8, 4) is 0 Å². The SMILES string of the molecule is CN(CC(=O)N(C)c1ccc(C(=O)O)cc1)C(=O)C1CC(S)CN1S(=O)(=O)c1ccccc1C(F)(F)F. The quantitative estimate of drug-likeness (QED) is 0.504. The Labute approximate surface area is 216 Å². The van der Waals surface area contributed by atoms with Gasteiger partial charge in [0.05, 0.1) is 22.6 Å². The van der Waals surface area contributed by atoms with Crippen LogP contribution >= 0.6 is 12.6 Å². The molecule has 1 fully saturated rings. The molecule has 37 heavy (non-hydrogen) atoms. The minimum absolute atomic E-state index is 0.0211. The van der Waals surface area contributed by atoms with Crippen molar-refractivity contribution in [3.05, 3.63) is 59.7 Å². The molecule has 14 heteroatoms. The van der Waals surface area contributed by atoms with Crippen molar-refractivity contribution >= 4 is 46.1 Å². The average Bonchev–Trinajstić information content (AvgIpc) is 3.25. The van der Waals surface area contributed by atoms with E-state index in [1.165, 1.54) is 43.3 Å². The highest BCUT2D eigenvalue weighted by atomic mass is 32.2. The highest BCUT2D eigenvalue weighted by Crippen LogP contribution is 2.37. The first-order valence-corrected chi connectivity index (χ1v) is 12.8. The number of hydrogen-bond donors (Lipinski definition) is 2. The van der Waals surface area contributed by atoms with Gasteiger partial charge < -0.3 is 14.9 Å². The van der Waals surface area contributed by atoms with Crippen LogP contribution in [0.1, 0.15) is 22.3 Å². The summed E-state index contributed by atoms with van der Waals surface area (Å²) in [5.41, 5.74) is -0.962. The molecule has 0 bridgehead atoms. The fourth-order valence-electron chi connectivity index (χ4n) is 3.94. The van der Waals surface area contributed by atoms with Gasteiger partial charge in [0.15, 0.2) is 0 Å². The lowest BCUT2D eigenvalue weighted by molar-refractivity contribution is -0.140. The van der Waals surface area contributed by atoms with E-state index in [1.807, 2.05) is 0 Å². The molecule has 1 aliphatic rings. The number of aromatic carboxylic acids is 1. The van der Waals surface area contributed by atoms with Gasteiger partial charge >= 0.3 is 12.1 Å². The second-order valence-electron chi connectivity index (χ2n) is 8.47. The third kappa shape index (κ3) is 6.08. The summed E-state index contributed by atoms with van der Waals surface area (Å²) in [6.45, 7) is -0.748. The van der Waals surface area contributed by atoms with Crippen LogP contribution in [0.5, 0.6) is 0 Å². The first kappa shape index (κ1) is 28.5. The number of nitrogens with zero attached hydrogens (tertiary/aromatic N) is 3. The fraction of sp³-hybridized carbons (Fsp3) is 0.348. The molecule has 3 rings (SSSR count). The molecule has 200 valence electrons. The number of alkyl halides is 3. The first-order chi connectivity index (χ1) is 17.1. The van der Waals surface area contributed by atoms with Crippen LogP contribution in [0.3, 0.4) is 0 Å². The Morgan fingerprint density at radius 2 is 1.68 bits per heavy atom. The lowest BCUT2D eigenvalue weighted by Gasteiger charge is -2.29. The van der Waals surface area contributed by atoms with Gasteiger partial charge in [-0.05, 0) is 42.8 Å². The molecule has 1 saturated heterocycles. The number of benzene rings is 2. The van der Waals surface area contributed by atoms with Crippen molar-refractivity contribution in [3.63, 3.8) is 0 Å². The summed E-state index contributed by atoms with van der Waals surface area (Å²) < 4.78 is 67.8. The van der Waals surface area contributed by atoms with Crippen LogP contribution in [0.25, 0.3) is 0 Å². The monoisotopic (exact) mass is 559 g/mol. The molecular weight excluding hydrogens is 535 g/mol. The van der Waals surface area contributed by atoms with Gasteiger partial charge in [-0.25, -0.2) is 13.2 Å². The molecule has 1 N–H and O–H groups in total. The van der Waals surface area contributed by atoms with Crippen molar-refractivity contribution in [1.29, 1.82) is 0 Å². The van der Waals surface area contributed by atoms with Gasteiger partial charge in [-0.1, -0.05) is 12.1 Å². The van der Waals surface area contributed by atoms with Crippen LogP contribution in [0, 0.1) is 0 Å². The number of carbonyl (C=O) groups excluding carboxylic acids is 2. The second kappa shape index (κ2) is 10.7. The largest absolute Gasteiger partial charge is 0.478 e. The highest BCUT2D eigenvalue weighted by molar-refractivity contribution is 7.89. The molecule has 2 unspecified atom stereocenters. The molecule has 2 amide bonds. The van der Waals surface area contributed by atoms with Crippen LogP contribution in [0.2, 0.25) is 0 Å². The number of carboxylic acid groups (broad SMARTS) is 1. The van der Waals surface area contributed by atoms with E-state index in [-0.39, 0.29) is 18.5 Å². The van der Waals surface area contributed by atoms with E-state index in [0.717, 1.165) is 23.1 Å². The summed E-state index contributed by atoms with van der Waals surface area (Å²) in [7, 11) is -2.04. The maximum absolute atomic E-state index is 13.5. The van der Waals surface area contributed by atoms with Crippen LogP contribution in [0.15, 0.2) is 53.4 Å². The minimum Gasteiger partial charge on any atom is -0.478 e. The molecule has 2 aromatic rings. The van der Waals surface area contributed by atoms with E-state index >= 15 is 0 Å². The maximum Gasteiger partial charge on any atom is 0.417 e. The topological polar surface area (TPSA) is 115 Å². The summed E-state index contributed by atoms with van der Waals surface area (Å²) in [6.07, 6.45) is -4.99. The number of rotatable bonds is 7. The molecule has 1 aliphatic heterocycles. The molecule has 1 heterocycles. The van der Waals surface area contributed by atoms with Gasteiger partial charge in [0.2, 0.25) is 21.8 Å². The van der Waals surface area contributed by atoms with E-state index in [1.54, 1.807) is 0 Å². The lowest BCUT2D eigenvalue weighted by atomic mass is 10.2. The molecular formula is C23H24F3N3O6S2. The molecule has 0 saturated carbocycles. The summed E-state index contributed by atoms with van der Waals surface area (Å²) in [4.78, 5) is 38.2. The standard InChI is InChI=1S/C23H24F3N3O6S2/c1-27(13-20(30)28(2)15-9-7-14(8-10-15)22(32)33)21(31)18-11-16(36)12-29(18)37(34,35)19-6-4-3-5-17(19)23(24,25)26/h3-10,16,18,36H,11-13H2,1-2H3,(H,32,33). The van der Waals surface area contributed by atoms with Crippen molar-refractivity contribution in [1.82, 2.24) is 9.21 Å². The molecule has 0 aromatic heterocycles. The summed E-state index contributed by atoms with van der Waals surface area (Å²) in [6, 6.07) is 7.82. The van der Waals surface area contributed by atoms with E-state index in [0.29, 0.717) is 16.1 Å². The number of carboxylic acids is 1. The number of halogens is 3. The normalized spacial score (nSPS) is 18.4. The number of sulfonamides is 1. The van der Waals surface area contributed by atoms with Crippen LogP contribution in [0.4, 0.5) is 18.9 Å². The number of thiol groups is 1. The van der Waals surface area contributed by atoms with Gasteiger partial charge in [0.25, 0.3) is 0 Å². The second-order valence-corrected chi connectivity index (χ2v) is 11.1. The number of anilines is 1. The smallest absolute Gasteiger partial charge is 0.417 e. The van der Waals surface area contributed by atoms with Gasteiger partial charge in [0, 0.05) is 31.6 Å². The van der Waals surface area contributed by atoms with E-state index in [9.17, 15) is 36.0 Å². The van der Waals surface area contributed by atoms with Crippen molar-refractivity contribution in [2.45, 2.75) is 28.8 Å². The Balaban J connectivity index is 1.80. The van der Waals surface area contributed by atoms with Gasteiger partial charge in [-0.3, -0.25) is 9.59 Å². The summed E-state index contributed by atoms with van der Waals surface area (Å²) in [5.74, 6) is -2.47. The number of carbonyl (C=O) groups is 3. The first-order valence-electron chi connectivity index (χ1n) is 10.9. The Hall–Kier alpha value is -3.10. The van der Waals surface area contributed by atoms with E-state index < -0.39 is 62.3 Å². The minimum atomic E-state index is -4.93. The molecule has 2 atom stereocenters. The average molecular weight is 560 g/mol. The molecule has 0 spiro atoms. The Morgan fingerprint density at radius 1 is 1.08 bits per heavy atom. The van der Waals surface area contributed by atoms with Gasteiger partial charge in [0.1, 0.15) is 6.04 Å². The zero-order chi connectivity index (χ0) is 27.7. The molecule has 0 radical (unpaired) electrons. The van der Waals surface area contributed by atoms with E-state index in [4.69, 9.17) is 5.11 Å². The maximum atomic E-state index is 13.5. The van der Waals surface area contributed by atoms with Crippen molar-refractivity contribution in [2.24, 2.45) is 0 Å². The number of hydrogen-bond acceptors (Lipinski definition) is 6. The van der Waals surface area contributed by atoms with E-state index in [2.05, 4.69) is 12.6 Å². The predicted molar refractivity (Wildman–Crippen MR) is 131 cm³/mol. The molecule has 9 nitrogen and oxygen atoms in total. The van der Waals surface area contributed by atoms with Crippen LogP contribution in [-0.4, -0.2) is 79.0 Å². The Bertz CT molecular complexity index is 1300. The Morgan fingerprint density at radius 3 is 2.24 bits per heavy atom. The summed E-state index contributed by atoms with van der Waals surface area (Å²) in [5, 5.41) is 8.39. The van der Waals surface area contributed by atoms with Crippen LogP contribution < -0.4 is 4.90 Å². The lowest BCUT2D eigenvalue weighted by Crippen LogP contribution is -2.49. The molecule has 2 aromatic carbocycles. The highest BCUT2D eigenvalue weighted by Gasteiger charge is 2.47. The number of amides is 2. The Kier molecular flexibility index (Phi) is 8.24. The van der Waals surface area contributed by atoms with Gasteiger partial charge in [-0.15, -0.1) is 0 Å². The number of likely N-dealkylation sites (N-methyl/N-ethyl adjacent to an activating group) is 2. The third-order valence-electron chi connectivity index (χ3n) is 5.92. The fourth-order valence-corrected chi connectivity index (χ4v) is 6.28. The van der Waals surface area contributed by atoms with Crippen molar-refractivity contribution in [2.75, 3.05) is 32.1 Å². The summed E-state index contributed by atoms with van der Waals surface area (Å²) >= 11 is 4.26.